The molecule has 0 aliphatic carbocycles. The maximum Gasteiger partial charge on any atom is -1.00 e. The fourth-order valence-electron chi connectivity index (χ4n) is 4.03. The van der Waals surface area contributed by atoms with E-state index in [2.05, 4.69) is 102 Å². The molecule has 0 bridgehead atoms. The fraction of sp³-hybridized carbons (Fsp3) is 0.296. The monoisotopic (exact) mass is 591 g/mol. The molecule has 0 radical (unpaired) electrons. The number of nitrogens with one attached hydrogen (secondary N) is 1. The van der Waals surface area contributed by atoms with Gasteiger partial charge in [-0.2, -0.15) is 0 Å². The summed E-state index contributed by atoms with van der Waals surface area (Å²) < 4.78 is 5.13. The Balaban J connectivity index is 0.00000306. The molecule has 0 fully saturated rings. The molecule has 174 valence electrons. The quantitative estimate of drug-likeness (QED) is 0.176. The van der Waals surface area contributed by atoms with Gasteiger partial charge in [0.25, 0.3) is 0 Å². The number of halogens is 2. The molecule has 4 rings (SSSR count). The van der Waals surface area contributed by atoms with E-state index in [0.29, 0.717) is 20.8 Å². The van der Waals surface area contributed by atoms with Crippen molar-refractivity contribution >= 4 is 53.7 Å². The van der Waals surface area contributed by atoms with Crippen LogP contribution in [0.4, 0.5) is 5.69 Å². The molecule has 0 saturated carbocycles. The normalized spacial score (nSPS) is 14.3. The van der Waals surface area contributed by atoms with E-state index in [0.717, 1.165) is 26.2 Å². The summed E-state index contributed by atoms with van der Waals surface area (Å²) in [7, 11) is 0. The van der Waals surface area contributed by atoms with Crippen molar-refractivity contribution in [3.8, 4) is 0 Å². The smallest absolute Gasteiger partial charge is 1.00 e. The SMILES string of the molecule is CCCNCCN1C(=CC=Cc2cc[n+](CCCl)c3cc(C)ccc23)[Se]c2ccccc21.[Br-]. The van der Waals surface area contributed by atoms with E-state index in [9.17, 15) is 0 Å². The standard InChI is InChI=1S/C27H31ClN3Se.BrH/c1-3-15-29-16-19-31-24-8-4-5-9-26(24)32-27(31)10-6-7-22-13-17-30(18-14-28)25-20-21(2)11-12-23(22)25;/h4-13,17,20,29H,3,14-16,18-19H2,1-2H3;1H/q+1;/p-1. The molecule has 3 nitrogen and oxygen atoms in total. The van der Waals surface area contributed by atoms with Crippen LogP contribution in [0.15, 0.2) is 71.5 Å². The second-order valence-corrected chi connectivity index (χ2v) is 10.6. The van der Waals surface area contributed by atoms with Gasteiger partial charge in [0.2, 0.25) is 0 Å². The molecular weight excluding hydrogens is 561 g/mol. The maximum absolute atomic E-state index is 6.03. The zero-order valence-corrected chi connectivity index (χ0v) is 23.3. The number of hydrogen-bond donors (Lipinski definition) is 1. The Morgan fingerprint density at radius 2 is 1.97 bits per heavy atom. The van der Waals surface area contributed by atoms with E-state index in [1.807, 2.05) is 0 Å². The Labute approximate surface area is 219 Å². The zero-order valence-electron chi connectivity index (χ0n) is 19.2. The average Bonchev–Trinajstić information content (AvgIpc) is 3.15. The third-order valence-electron chi connectivity index (χ3n) is 5.62. The molecule has 0 spiro atoms. The molecule has 0 saturated heterocycles. The minimum absolute atomic E-state index is 0. The molecule has 1 aliphatic rings. The van der Waals surface area contributed by atoms with Crippen molar-refractivity contribution in [2.75, 3.05) is 30.4 Å². The Morgan fingerprint density at radius 1 is 1.12 bits per heavy atom. The third-order valence-corrected chi connectivity index (χ3v) is 8.16. The molecule has 2 heterocycles. The summed E-state index contributed by atoms with van der Waals surface area (Å²) in [6.45, 7) is 8.25. The van der Waals surface area contributed by atoms with Crippen molar-refractivity contribution in [2.45, 2.75) is 26.8 Å². The molecule has 1 aromatic heterocycles. The number of anilines is 1. The molecular formula is C27H31BrClN3Se. The largest absolute Gasteiger partial charge is 1.00 e. The number of allylic oxidation sites excluding steroid dienone is 2. The van der Waals surface area contributed by atoms with E-state index in [4.69, 9.17) is 11.6 Å². The van der Waals surface area contributed by atoms with Gasteiger partial charge in [0.05, 0.1) is 0 Å². The van der Waals surface area contributed by atoms with Crippen molar-refractivity contribution in [3.05, 3.63) is 82.6 Å². The summed E-state index contributed by atoms with van der Waals surface area (Å²) in [5.74, 6) is 0.612. The summed E-state index contributed by atoms with van der Waals surface area (Å²) in [4.78, 5) is 2.49. The number of fused-ring (bicyclic) bond motifs is 2. The molecule has 2 aromatic carbocycles. The summed E-state index contributed by atoms with van der Waals surface area (Å²) in [6.07, 6.45) is 10.1. The maximum atomic E-state index is 6.03. The Kier molecular flexibility index (Phi) is 10.0. The van der Waals surface area contributed by atoms with Crippen LogP contribution in [0.1, 0.15) is 24.5 Å². The van der Waals surface area contributed by atoms with E-state index < -0.39 is 0 Å². The minimum atomic E-state index is 0. The van der Waals surface area contributed by atoms with Crippen molar-refractivity contribution in [3.63, 3.8) is 0 Å². The van der Waals surface area contributed by atoms with Crippen LogP contribution >= 0.6 is 11.6 Å². The van der Waals surface area contributed by atoms with Gasteiger partial charge in [-0.05, 0) is 0 Å². The molecule has 1 aliphatic heterocycles. The number of alkyl halides is 1. The average molecular weight is 592 g/mol. The van der Waals surface area contributed by atoms with Crippen molar-refractivity contribution in [1.29, 1.82) is 0 Å². The van der Waals surface area contributed by atoms with Crippen LogP contribution in [0.3, 0.4) is 0 Å². The number of para-hydroxylation sites is 1. The van der Waals surface area contributed by atoms with Crippen LogP contribution in [0.25, 0.3) is 17.0 Å². The molecule has 3 aromatic rings. The van der Waals surface area contributed by atoms with E-state index in [-0.39, 0.29) is 17.0 Å². The first-order chi connectivity index (χ1) is 15.7. The van der Waals surface area contributed by atoms with Gasteiger partial charge in [-0.1, -0.05) is 0 Å². The van der Waals surface area contributed by atoms with E-state index >= 15 is 0 Å². The number of aryl methyl sites for hydroxylation is 2. The summed E-state index contributed by atoms with van der Waals surface area (Å²) in [6, 6.07) is 17.7. The number of nitrogens with zero attached hydrogens (tertiary/aromatic N) is 2. The molecule has 0 atom stereocenters. The number of benzene rings is 2. The van der Waals surface area contributed by atoms with Crippen LogP contribution in [0.2, 0.25) is 0 Å². The van der Waals surface area contributed by atoms with Gasteiger partial charge in [-0.3, -0.25) is 0 Å². The van der Waals surface area contributed by atoms with Gasteiger partial charge in [0, 0.05) is 0 Å². The molecule has 33 heavy (non-hydrogen) atoms. The second-order valence-electron chi connectivity index (χ2n) is 8.01. The zero-order chi connectivity index (χ0) is 22.3. The number of rotatable bonds is 9. The first-order valence-electron chi connectivity index (χ1n) is 11.3. The predicted octanol–water partition coefficient (Wildman–Crippen LogP) is 1.38. The van der Waals surface area contributed by atoms with Gasteiger partial charge in [-0.15, -0.1) is 0 Å². The fourth-order valence-corrected chi connectivity index (χ4v) is 6.52. The van der Waals surface area contributed by atoms with Gasteiger partial charge in [0.15, 0.2) is 0 Å². The van der Waals surface area contributed by atoms with Crippen LogP contribution in [-0.2, 0) is 6.54 Å². The molecule has 1 N–H and O–H groups in total. The van der Waals surface area contributed by atoms with Gasteiger partial charge < -0.3 is 17.0 Å². The van der Waals surface area contributed by atoms with Crippen molar-refractivity contribution < 1.29 is 21.5 Å². The summed E-state index contributed by atoms with van der Waals surface area (Å²) >= 11 is 6.37. The Morgan fingerprint density at radius 3 is 2.79 bits per heavy atom. The number of hydrogen-bond acceptors (Lipinski definition) is 2. The Bertz CT molecular complexity index is 1150. The summed E-state index contributed by atoms with van der Waals surface area (Å²) in [5, 5.41) is 4.81. The van der Waals surface area contributed by atoms with Crippen LogP contribution < -0.4 is 36.2 Å². The van der Waals surface area contributed by atoms with Gasteiger partial charge in [0.1, 0.15) is 0 Å². The second kappa shape index (κ2) is 12.7. The van der Waals surface area contributed by atoms with E-state index in [1.165, 1.54) is 43.2 Å². The molecule has 6 heteroatoms. The van der Waals surface area contributed by atoms with Crippen LogP contribution in [-0.4, -0.2) is 40.5 Å². The topological polar surface area (TPSA) is 19.1 Å². The van der Waals surface area contributed by atoms with Gasteiger partial charge in [-0.25, -0.2) is 0 Å². The van der Waals surface area contributed by atoms with E-state index in [1.54, 1.807) is 0 Å². The first-order valence-corrected chi connectivity index (χ1v) is 13.6. The summed E-state index contributed by atoms with van der Waals surface area (Å²) in [5.41, 5.74) is 5.11. The third kappa shape index (κ3) is 6.29. The predicted molar refractivity (Wildman–Crippen MR) is 139 cm³/mol. The first kappa shape index (κ1) is 26.0. The van der Waals surface area contributed by atoms with Gasteiger partial charge >= 0.3 is 203 Å². The van der Waals surface area contributed by atoms with Crippen LogP contribution in [0.5, 0.6) is 0 Å². The molecule has 0 amide bonds. The number of pyridine rings is 1. The Hall–Kier alpha value is -1.62. The van der Waals surface area contributed by atoms with Crippen molar-refractivity contribution in [1.82, 2.24) is 5.32 Å². The van der Waals surface area contributed by atoms with Crippen molar-refractivity contribution in [2.24, 2.45) is 0 Å². The minimum Gasteiger partial charge on any atom is -1.00 e. The van der Waals surface area contributed by atoms with Crippen LogP contribution in [0, 0.1) is 6.92 Å². The molecule has 0 unspecified atom stereocenters. The number of aromatic nitrogens is 1.